The quantitative estimate of drug-likeness (QED) is 0.304. The van der Waals surface area contributed by atoms with Gasteiger partial charge >= 0.3 is 12.3 Å². The molecule has 1 aromatic heterocycles. The van der Waals surface area contributed by atoms with Gasteiger partial charge in [0.1, 0.15) is 3.70 Å². The Hall–Kier alpha value is -0.580. The molecule has 0 N–H and O–H groups in total. The number of ether oxygens (including phenoxy) is 2. The SMILES string of the molecule is COC(=O)Cc1cc(CBr)c(OC(F)(F)F)nc1I. The van der Waals surface area contributed by atoms with Crippen LogP contribution in [0.15, 0.2) is 6.07 Å². The van der Waals surface area contributed by atoms with Crippen molar-refractivity contribution in [2.75, 3.05) is 7.11 Å². The first-order valence-corrected chi connectivity index (χ1v) is 7.03. The van der Waals surface area contributed by atoms with Gasteiger partial charge in [-0.05, 0) is 34.2 Å². The van der Waals surface area contributed by atoms with Crippen LogP contribution in [0.25, 0.3) is 0 Å². The van der Waals surface area contributed by atoms with Crippen LogP contribution in [0.4, 0.5) is 13.2 Å². The molecule has 19 heavy (non-hydrogen) atoms. The maximum atomic E-state index is 12.2. The molecule has 0 atom stereocenters. The largest absolute Gasteiger partial charge is 0.574 e. The van der Waals surface area contributed by atoms with E-state index in [9.17, 15) is 18.0 Å². The van der Waals surface area contributed by atoms with Crippen LogP contribution in [0.1, 0.15) is 11.1 Å². The highest BCUT2D eigenvalue weighted by Crippen LogP contribution is 2.28. The zero-order chi connectivity index (χ0) is 14.6. The van der Waals surface area contributed by atoms with Crippen molar-refractivity contribution in [3.05, 3.63) is 20.9 Å². The van der Waals surface area contributed by atoms with Gasteiger partial charge < -0.3 is 9.47 Å². The molecule has 106 valence electrons. The maximum Gasteiger partial charge on any atom is 0.574 e. The number of carbonyl (C=O) groups excluding carboxylic acids is 1. The Morgan fingerprint density at radius 1 is 1.47 bits per heavy atom. The fraction of sp³-hybridized carbons (Fsp3) is 0.400. The Morgan fingerprint density at radius 2 is 2.11 bits per heavy atom. The number of hydrogen-bond acceptors (Lipinski definition) is 4. The standard InChI is InChI=1S/C10H8BrF3INO3/c1-18-7(17)3-5-2-6(4-11)9(16-8(5)15)19-10(12,13)14/h2H,3-4H2,1H3. The molecular weight excluding hydrogens is 446 g/mol. The highest BCUT2D eigenvalue weighted by atomic mass is 127. The highest BCUT2D eigenvalue weighted by Gasteiger charge is 2.33. The molecule has 0 saturated carbocycles. The zero-order valence-corrected chi connectivity index (χ0v) is 13.3. The highest BCUT2D eigenvalue weighted by molar-refractivity contribution is 14.1. The van der Waals surface area contributed by atoms with Crippen molar-refractivity contribution in [2.45, 2.75) is 18.1 Å². The van der Waals surface area contributed by atoms with E-state index >= 15 is 0 Å². The van der Waals surface area contributed by atoms with E-state index in [4.69, 9.17) is 0 Å². The first kappa shape index (κ1) is 16.5. The normalized spacial score (nSPS) is 11.3. The molecule has 0 saturated heterocycles. The molecule has 0 fully saturated rings. The van der Waals surface area contributed by atoms with Crippen LogP contribution in [-0.2, 0) is 21.3 Å². The van der Waals surface area contributed by atoms with E-state index < -0.39 is 18.2 Å². The van der Waals surface area contributed by atoms with Crippen molar-refractivity contribution in [3.8, 4) is 5.88 Å². The van der Waals surface area contributed by atoms with E-state index in [1.54, 1.807) is 22.6 Å². The van der Waals surface area contributed by atoms with E-state index in [0.717, 1.165) is 0 Å². The van der Waals surface area contributed by atoms with Crippen LogP contribution in [0.5, 0.6) is 5.88 Å². The summed E-state index contributed by atoms with van der Waals surface area (Å²) in [5.41, 5.74) is 0.688. The second kappa shape index (κ2) is 6.73. The lowest BCUT2D eigenvalue weighted by Gasteiger charge is -2.13. The average molecular weight is 454 g/mol. The molecule has 9 heteroatoms. The predicted molar refractivity (Wildman–Crippen MR) is 72.0 cm³/mol. The number of carbonyl (C=O) groups is 1. The lowest BCUT2D eigenvalue weighted by molar-refractivity contribution is -0.276. The summed E-state index contributed by atoms with van der Waals surface area (Å²) < 4.78 is 45.2. The van der Waals surface area contributed by atoms with Crippen LogP contribution in [0.2, 0.25) is 0 Å². The Bertz CT molecular complexity index is 482. The van der Waals surface area contributed by atoms with Gasteiger partial charge in [-0.25, -0.2) is 4.98 Å². The molecular formula is C10H8BrF3INO3. The number of alkyl halides is 4. The number of aromatic nitrogens is 1. The van der Waals surface area contributed by atoms with Crippen molar-refractivity contribution < 1.29 is 27.4 Å². The topological polar surface area (TPSA) is 48.4 Å². The summed E-state index contributed by atoms with van der Waals surface area (Å²) in [4.78, 5) is 14.9. The van der Waals surface area contributed by atoms with E-state index in [0.29, 0.717) is 5.56 Å². The second-order valence-corrected chi connectivity index (χ2v) is 4.92. The van der Waals surface area contributed by atoms with Crippen LogP contribution >= 0.6 is 38.5 Å². The molecule has 1 rings (SSSR count). The molecule has 1 aromatic rings. The van der Waals surface area contributed by atoms with Gasteiger partial charge in [-0.3, -0.25) is 4.79 Å². The molecule has 0 bridgehead atoms. The number of hydrogen-bond donors (Lipinski definition) is 0. The average Bonchev–Trinajstić information content (AvgIpc) is 2.30. The van der Waals surface area contributed by atoms with Crippen molar-refractivity contribution in [3.63, 3.8) is 0 Å². The predicted octanol–water partition coefficient (Wildman–Crippen LogP) is 3.20. The van der Waals surface area contributed by atoms with Gasteiger partial charge in [0.2, 0.25) is 5.88 Å². The van der Waals surface area contributed by atoms with Gasteiger partial charge in [-0.15, -0.1) is 13.2 Å². The monoisotopic (exact) mass is 453 g/mol. The number of nitrogens with zero attached hydrogens (tertiary/aromatic N) is 1. The van der Waals surface area contributed by atoms with Gasteiger partial charge in [0.25, 0.3) is 0 Å². The van der Waals surface area contributed by atoms with Crippen molar-refractivity contribution in [2.24, 2.45) is 0 Å². The molecule has 0 unspecified atom stereocenters. The van der Waals surface area contributed by atoms with Crippen molar-refractivity contribution in [1.82, 2.24) is 4.98 Å². The number of methoxy groups -OCH3 is 1. The molecule has 0 radical (unpaired) electrons. The van der Waals surface area contributed by atoms with E-state index in [1.807, 2.05) is 0 Å². The first-order chi connectivity index (χ1) is 8.76. The van der Waals surface area contributed by atoms with Crippen LogP contribution in [0.3, 0.4) is 0 Å². The van der Waals surface area contributed by atoms with Gasteiger partial charge in [0, 0.05) is 10.9 Å². The molecule has 4 nitrogen and oxygen atoms in total. The summed E-state index contributed by atoms with van der Waals surface area (Å²) in [6.45, 7) is 0. The summed E-state index contributed by atoms with van der Waals surface area (Å²) >= 11 is 4.79. The van der Waals surface area contributed by atoms with Gasteiger partial charge in [-0.2, -0.15) is 0 Å². The first-order valence-electron chi connectivity index (χ1n) is 4.83. The molecule has 0 aliphatic carbocycles. The Balaban J connectivity index is 3.10. The van der Waals surface area contributed by atoms with E-state index in [1.165, 1.54) is 13.2 Å². The van der Waals surface area contributed by atoms with Crippen LogP contribution in [0, 0.1) is 3.70 Å². The van der Waals surface area contributed by atoms with E-state index in [-0.39, 0.29) is 21.0 Å². The van der Waals surface area contributed by atoms with Gasteiger partial charge in [-0.1, -0.05) is 15.9 Å². The molecule has 1 heterocycles. The maximum absolute atomic E-state index is 12.2. The summed E-state index contributed by atoms with van der Waals surface area (Å²) in [5.74, 6) is -1.02. The van der Waals surface area contributed by atoms with E-state index in [2.05, 4.69) is 30.4 Å². The lowest BCUT2D eigenvalue weighted by atomic mass is 10.1. The minimum absolute atomic E-state index is 0.0614. The second-order valence-electron chi connectivity index (χ2n) is 3.34. The van der Waals surface area contributed by atoms with Crippen molar-refractivity contribution in [1.29, 1.82) is 0 Å². The number of pyridine rings is 1. The molecule has 0 aliphatic rings. The molecule has 0 aromatic carbocycles. The smallest absolute Gasteiger partial charge is 0.469 e. The summed E-state index contributed by atoms with van der Waals surface area (Å²) in [5, 5.41) is 0.122. The number of halogens is 5. The third-order valence-electron chi connectivity index (χ3n) is 2.01. The summed E-state index contributed by atoms with van der Waals surface area (Å²) in [7, 11) is 1.23. The van der Waals surface area contributed by atoms with Gasteiger partial charge in [0.15, 0.2) is 0 Å². The molecule has 0 aliphatic heterocycles. The number of rotatable bonds is 4. The minimum Gasteiger partial charge on any atom is -0.469 e. The summed E-state index contributed by atoms with van der Waals surface area (Å²) in [6.07, 6.45) is -4.87. The fourth-order valence-corrected chi connectivity index (χ4v) is 2.18. The van der Waals surface area contributed by atoms with Crippen LogP contribution in [-0.4, -0.2) is 24.4 Å². The fourth-order valence-electron chi connectivity index (χ4n) is 1.21. The van der Waals surface area contributed by atoms with Crippen molar-refractivity contribution >= 4 is 44.5 Å². The Morgan fingerprint density at radius 3 is 2.58 bits per heavy atom. The Kier molecular flexibility index (Phi) is 5.83. The Labute approximate surface area is 128 Å². The third-order valence-corrected chi connectivity index (χ3v) is 3.54. The minimum atomic E-state index is -4.81. The third kappa shape index (κ3) is 5.13. The lowest BCUT2D eigenvalue weighted by Crippen LogP contribution is -2.19. The van der Waals surface area contributed by atoms with Gasteiger partial charge in [0.05, 0.1) is 13.5 Å². The summed E-state index contributed by atoms with van der Waals surface area (Å²) in [6, 6.07) is 1.43. The van der Waals surface area contributed by atoms with Crippen LogP contribution < -0.4 is 4.74 Å². The molecule has 0 spiro atoms. The number of esters is 1. The molecule has 0 amide bonds. The zero-order valence-electron chi connectivity index (χ0n) is 9.55.